The van der Waals surface area contributed by atoms with Gasteiger partial charge in [0.1, 0.15) is 0 Å². The van der Waals surface area contributed by atoms with Gasteiger partial charge in [-0.3, -0.25) is 0 Å². The largest absolute Gasteiger partial charge is 0.389 e. The molecule has 0 spiro atoms. The van der Waals surface area contributed by atoms with Crippen molar-refractivity contribution in [2.24, 2.45) is 5.92 Å². The third-order valence-electron chi connectivity index (χ3n) is 3.39. The van der Waals surface area contributed by atoms with E-state index in [0.717, 1.165) is 6.42 Å². The molecule has 17 heavy (non-hydrogen) atoms. The van der Waals surface area contributed by atoms with Crippen LogP contribution in [0.2, 0.25) is 0 Å². The maximum absolute atomic E-state index is 11.9. The second kappa shape index (κ2) is 5.71. The summed E-state index contributed by atoms with van der Waals surface area (Å²) in [5.74, 6) is 0.559. The standard InChI is InChI=1S/C13H26N2O2/c1-10-7-5-6-8-11(10)14-12(16)15(4)9-13(2,3)17/h10-11,17H,5-9H2,1-4H3,(H,14,16). The number of rotatable bonds is 3. The topological polar surface area (TPSA) is 52.6 Å². The Balaban J connectivity index is 2.42. The Hall–Kier alpha value is -0.770. The number of carbonyl (C=O) groups excluding carboxylic acids is 1. The average molecular weight is 242 g/mol. The lowest BCUT2D eigenvalue weighted by Crippen LogP contribution is -2.49. The molecule has 1 aliphatic rings. The van der Waals surface area contributed by atoms with E-state index >= 15 is 0 Å². The van der Waals surface area contributed by atoms with Gasteiger partial charge in [0, 0.05) is 13.1 Å². The molecule has 0 radical (unpaired) electrons. The molecule has 1 fully saturated rings. The van der Waals surface area contributed by atoms with Crippen molar-refractivity contribution in [3.63, 3.8) is 0 Å². The number of likely N-dealkylation sites (N-methyl/N-ethyl adjacent to an activating group) is 1. The van der Waals surface area contributed by atoms with Crippen LogP contribution in [0.4, 0.5) is 4.79 Å². The first-order valence-electron chi connectivity index (χ1n) is 6.53. The van der Waals surface area contributed by atoms with E-state index in [-0.39, 0.29) is 6.03 Å². The fourth-order valence-electron chi connectivity index (χ4n) is 2.45. The molecule has 1 rings (SSSR count). The summed E-state index contributed by atoms with van der Waals surface area (Å²) in [6, 6.07) is 0.214. The highest BCUT2D eigenvalue weighted by molar-refractivity contribution is 5.74. The van der Waals surface area contributed by atoms with Crippen LogP contribution in [0.5, 0.6) is 0 Å². The quantitative estimate of drug-likeness (QED) is 0.795. The fourth-order valence-corrected chi connectivity index (χ4v) is 2.45. The molecule has 100 valence electrons. The average Bonchev–Trinajstić information content (AvgIpc) is 2.18. The predicted octanol–water partition coefficient (Wildman–Crippen LogP) is 1.98. The van der Waals surface area contributed by atoms with Crippen LogP contribution in [0.3, 0.4) is 0 Å². The Morgan fingerprint density at radius 3 is 2.53 bits per heavy atom. The number of aliphatic hydroxyl groups is 1. The highest BCUT2D eigenvalue weighted by Crippen LogP contribution is 2.23. The number of carbonyl (C=O) groups is 1. The third kappa shape index (κ3) is 4.94. The molecule has 0 saturated heterocycles. The molecule has 4 nitrogen and oxygen atoms in total. The SMILES string of the molecule is CC1CCCCC1NC(=O)N(C)CC(C)(C)O. The van der Waals surface area contributed by atoms with Crippen molar-refractivity contribution >= 4 is 6.03 Å². The molecule has 0 aliphatic heterocycles. The minimum Gasteiger partial charge on any atom is -0.389 e. The number of hydrogen-bond acceptors (Lipinski definition) is 2. The Bertz CT molecular complexity index is 261. The maximum atomic E-state index is 11.9. The molecular formula is C13H26N2O2. The van der Waals surface area contributed by atoms with Gasteiger partial charge < -0.3 is 15.3 Å². The van der Waals surface area contributed by atoms with Crippen molar-refractivity contribution < 1.29 is 9.90 Å². The van der Waals surface area contributed by atoms with Crippen molar-refractivity contribution in [1.29, 1.82) is 0 Å². The summed E-state index contributed by atoms with van der Waals surface area (Å²) in [7, 11) is 1.72. The smallest absolute Gasteiger partial charge is 0.317 e. The zero-order valence-corrected chi connectivity index (χ0v) is 11.5. The summed E-state index contributed by atoms with van der Waals surface area (Å²) < 4.78 is 0. The Labute approximate surface area is 104 Å². The van der Waals surface area contributed by atoms with Gasteiger partial charge in [-0.25, -0.2) is 4.79 Å². The van der Waals surface area contributed by atoms with Gasteiger partial charge in [0.2, 0.25) is 0 Å². The number of amides is 2. The summed E-state index contributed by atoms with van der Waals surface area (Å²) in [5.41, 5.74) is -0.843. The molecule has 0 heterocycles. The minimum absolute atomic E-state index is 0.0779. The van der Waals surface area contributed by atoms with Gasteiger partial charge in [-0.15, -0.1) is 0 Å². The summed E-state index contributed by atoms with van der Waals surface area (Å²) in [5, 5.41) is 12.7. The van der Waals surface area contributed by atoms with Gasteiger partial charge in [-0.05, 0) is 32.6 Å². The molecular weight excluding hydrogens is 216 g/mol. The monoisotopic (exact) mass is 242 g/mol. The van der Waals surface area contributed by atoms with E-state index in [1.165, 1.54) is 19.3 Å². The van der Waals surface area contributed by atoms with Crippen LogP contribution in [-0.4, -0.2) is 41.3 Å². The van der Waals surface area contributed by atoms with Crippen molar-refractivity contribution in [3.05, 3.63) is 0 Å². The third-order valence-corrected chi connectivity index (χ3v) is 3.39. The molecule has 1 saturated carbocycles. The molecule has 4 heteroatoms. The van der Waals surface area contributed by atoms with Crippen LogP contribution in [-0.2, 0) is 0 Å². The summed E-state index contributed by atoms with van der Waals surface area (Å²) in [4.78, 5) is 13.5. The van der Waals surface area contributed by atoms with Crippen LogP contribution in [0.1, 0.15) is 46.5 Å². The number of nitrogens with zero attached hydrogens (tertiary/aromatic N) is 1. The second-order valence-electron chi connectivity index (χ2n) is 5.99. The van der Waals surface area contributed by atoms with Crippen molar-refractivity contribution in [3.8, 4) is 0 Å². The van der Waals surface area contributed by atoms with Crippen molar-refractivity contribution in [2.45, 2.75) is 58.1 Å². The van der Waals surface area contributed by atoms with Crippen molar-refractivity contribution in [2.75, 3.05) is 13.6 Å². The molecule has 0 bridgehead atoms. The Kier molecular flexibility index (Phi) is 4.80. The van der Waals surface area contributed by atoms with E-state index in [1.807, 2.05) is 0 Å². The first-order valence-corrected chi connectivity index (χ1v) is 6.53. The fraction of sp³-hybridized carbons (Fsp3) is 0.923. The number of urea groups is 1. The lowest BCUT2D eigenvalue weighted by molar-refractivity contribution is 0.0522. The van der Waals surface area contributed by atoms with Gasteiger partial charge in [-0.2, -0.15) is 0 Å². The first-order chi connectivity index (χ1) is 7.79. The van der Waals surface area contributed by atoms with Crippen LogP contribution in [0.25, 0.3) is 0 Å². The normalized spacial score (nSPS) is 25.5. The lowest BCUT2D eigenvalue weighted by atomic mass is 9.86. The van der Waals surface area contributed by atoms with Gasteiger partial charge >= 0.3 is 6.03 Å². The van der Waals surface area contributed by atoms with Crippen LogP contribution < -0.4 is 5.32 Å². The molecule has 2 N–H and O–H groups in total. The van der Waals surface area contributed by atoms with Gasteiger partial charge in [0.05, 0.1) is 12.1 Å². The molecule has 1 aliphatic carbocycles. The first kappa shape index (κ1) is 14.3. The molecule has 0 aromatic carbocycles. The summed E-state index contributed by atoms with van der Waals surface area (Å²) in [6.07, 6.45) is 4.74. The van der Waals surface area contributed by atoms with E-state index in [0.29, 0.717) is 18.5 Å². The maximum Gasteiger partial charge on any atom is 0.317 e. The second-order valence-corrected chi connectivity index (χ2v) is 5.99. The van der Waals surface area contributed by atoms with E-state index in [2.05, 4.69) is 12.2 Å². The van der Waals surface area contributed by atoms with Gasteiger partial charge in [-0.1, -0.05) is 19.8 Å². The highest BCUT2D eigenvalue weighted by Gasteiger charge is 2.25. The molecule has 2 unspecified atom stereocenters. The van der Waals surface area contributed by atoms with Gasteiger partial charge in [0.15, 0.2) is 0 Å². The van der Waals surface area contributed by atoms with Crippen LogP contribution >= 0.6 is 0 Å². The number of hydrogen-bond donors (Lipinski definition) is 2. The van der Waals surface area contributed by atoms with E-state index in [9.17, 15) is 9.90 Å². The zero-order chi connectivity index (χ0) is 13.1. The summed E-state index contributed by atoms with van der Waals surface area (Å²) >= 11 is 0. The summed E-state index contributed by atoms with van der Waals surface area (Å²) in [6.45, 7) is 5.96. The molecule has 0 aromatic heterocycles. The number of nitrogens with one attached hydrogen (secondary N) is 1. The lowest BCUT2D eigenvalue weighted by Gasteiger charge is -2.32. The minimum atomic E-state index is -0.843. The predicted molar refractivity (Wildman–Crippen MR) is 68.9 cm³/mol. The Morgan fingerprint density at radius 2 is 2.00 bits per heavy atom. The molecule has 0 aromatic rings. The molecule has 2 amide bonds. The van der Waals surface area contributed by atoms with Crippen molar-refractivity contribution in [1.82, 2.24) is 10.2 Å². The van der Waals surface area contributed by atoms with Crippen LogP contribution in [0, 0.1) is 5.92 Å². The highest BCUT2D eigenvalue weighted by atomic mass is 16.3. The Morgan fingerprint density at radius 1 is 1.41 bits per heavy atom. The van der Waals surface area contributed by atoms with E-state index in [4.69, 9.17) is 0 Å². The molecule has 2 atom stereocenters. The van der Waals surface area contributed by atoms with E-state index in [1.54, 1.807) is 25.8 Å². The van der Waals surface area contributed by atoms with E-state index < -0.39 is 5.60 Å². The van der Waals surface area contributed by atoms with Crippen LogP contribution in [0.15, 0.2) is 0 Å². The van der Waals surface area contributed by atoms with Gasteiger partial charge in [0.25, 0.3) is 0 Å². The zero-order valence-electron chi connectivity index (χ0n) is 11.5.